The molecule has 0 radical (unpaired) electrons. The highest BCUT2D eigenvalue weighted by molar-refractivity contribution is 6.31. The highest BCUT2D eigenvalue weighted by atomic mass is 35.5. The predicted molar refractivity (Wildman–Crippen MR) is 65.0 cm³/mol. The molecule has 24 heavy (non-hydrogen) atoms. The lowest BCUT2D eigenvalue weighted by atomic mass is 10.0. The van der Waals surface area contributed by atoms with Crippen LogP contribution >= 0.6 is 11.6 Å². The maximum atomic E-state index is 12.4. The summed E-state index contributed by atoms with van der Waals surface area (Å²) in [5.41, 5.74) is -6.52. The van der Waals surface area contributed by atoms with Crippen LogP contribution in [0, 0.1) is 10.1 Å². The van der Waals surface area contributed by atoms with Crippen LogP contribution in [0.1, 0.15) is 5.56 Å². The summed E-state index contributed by atoms with van der Waals surface area (Å²) < 4.78 is 78.4. The second-order valence-corrected chi connectivity index (χ2v) is 4.72. The van der Waals surface area contributed by atoms with E-state index in [2.05, 4.69) is 4.74 Å². The molecular formula is C11H6ClF6NO5. The fourth-order valence-corrected chi connectivity index (χ4v) is 1.64. The van der Waals surface area contributed by atoms with Crippen molar-refractivity contribution < 1.29 is 45.9 Å². The van der Waals surface area contributed by atoms with E-state index >= 15 is 0 Å². The van der Waals surface area contributed by atoms with Gasteiger partial charge in [0.15, 0.2) is 0 Å². The number of non-ortho nitro benzene ring substituents is 1. The van der Waals surface area contributed by atoms with Gasteiger partial charge in [-0.15, -0.1) is 0 Å². The van der Waals surface area contributed by atoms with Crippen LogP contribution in [-0.2, 0) is 16.1 Å². The van der Waals surface area contributed by atoms with Gasteiger partial charge in [-0.25, -0.2) is 4.79 Å². The molecule has 0 saturated heterocycles. The number of nitro groups is 1. The Morgan fingerprint density at radius 1 is 1.21 bits per heavy atom. The van der Waals surface area contributed by atoms with Crippen LogP contribution in [0.4, 0.5) is 32.0 Å². The first-order valence-corrected chi connectivity index (χ1v) is 6.05. The minimum Gasteiger partial charge on any atom is -0.458 e. The summed E-state index contributed by atoms with van der Waals surface area (Å²) in [6.07, 6.45) is -12.7. The number of hydrogen-bond acceptors (Lipinski definition) is 5. The standard InChI is InChI=1S/C11H6ClF6NO5/c12-7-3-6(19(22)23)2-1-5(7)4-24-8(20)9(21,10(13,14)15)11(16,17)18/h1-3,21H,4H2. The van der Waals surface area contributed by atoms with E-state index in [1.54, 1.807) is 0 Å². The molecule has 0 fully saturated rings. The Bertz CT molecular complexity index is 645. The molecule has 0 aliphatic carbocycles. The molecule has 13 heteroatoms. The van der Waals surface area contributed by atoms with E-state index in [1.165, 1.54) is 0 Å². The van der Waals surface area contributed by atoms with Crippen molar-refractivity contribution in [1.82, 2.24) is 0 Å². The number of carbonyl (C=O) groups is 1. The van der Waals surface area contributed by atoms with E-state index in [1.807, 2.05) is 0 Å². The number of benzene rings is 1. The van der Waals surface area contributed by atoms with Crippen molar-refractivity contribution in [3.63, 3.8) is 0 Å². The fourth-order valence-electron chi connectivity index (χ4n) is 1.41. The molecule has 0 aromatic heterocycles. The first-order chi connectivity index (χ1) is 10.7. The fraction of sp³-hybridized carbons (Fsp3) is 0.364. The number of carbonyl (C=O) groups excluding carboxylic acids is 1. The first kappa shape index (κ1) is 20.0. The lowest BCUT2D eigenvalue weighted by Gasteiger charge is -2.29. The van der Waals surface area contributed by atoms with Gasteiger partial charge in [0.1, 0.15) is 6.61 Å². The zero-order chi connectivity index (χ0) is 18.9. The third-order valence-corrected chi connectivity index (χ3v) is 3.07. The van der Waals surface area contributed by atoms with Crippen molar-refractivity contribution in [3.05, 3.63) is 38.9 Å². The average Bonchev–Trinajstić information content (AvgIpc) is 2.41. The van der Waals surface area contributed by atoms with Gasteiger partial charge < -0.3 is 9.84 Å². The number of aliphatic hydroxyl groups is 1. The number of halogens is 7. The molecule has 1 aromatic rings. The number of alkyl halides is 6. The van der Waals surface area contributed by atoms with Gasteiger partial charge >= 0.3 is 23.9 Å². The highest BCUT2D eigenvalue weighted by Gasteiger charge is 2.76. The maximum Gasteiger partial charge on any atom is 0.437 e. The number of esters is 1. The minimum atomic E-state index is -6.37. The van der Waals surface area contributed by atoms with Crippen LogP contribution in [0.3, 0.4) is 0 Å². The molecule has 0 saturated carbocycles. The van der Waals surface area contributed by atoms with Gasteiger partial charge in [-0.05, 0) is 6.07 Å². The Morgan fingerprint density at radius 3 is 2.08 bits per heavy atom. The summed E-state index contributed by atoms with van der Waals surface area (Å²) in [6.45, 7) is -1.18. The topological polar surface area (TPSA) is 89.7 Å². The number of ether oxygens (including phenoxy) is 1. The van der Waals surface area contributed by atoms with E-state index < -0.39 is 46.2 Å². The number of rotatable bonds is 4. The van der Waals surface area contributed by atoms with Gasteiger partial charge in [0.05, 0.1) is 9.95 Å². The van der Waals surface area contributed by atoms with Gasteiger partial charge in [0.25, 0.3) is 5.69 Å². The van der Waals surface area contributed by atoms with Crippen molar-refractivity contribution >= 4 is 23.3 Å². The van der Waals surface area contributed by atoms with Crippen LogP contribution in [0.2, 0.25) is 5.02 Å². The molecule has 1 N–H and O–H groups in total. The summed E-state index contributed by atoms with van der Waals surface area (Å²) in [5.74, 6) is -3.00. The number of nitrogens with zero attached hydrogens (tertiary/aromatic N) is 1. The minimum absolute atomic E-state index is 0.303. The molecule has 6 nitrogen and oxygen atoms in total. The zero-order valence-electron chi connectivity index (χ0n) is 11.1. The quantitative estimate of drug-likeness (QED) is 0.374. The van der Waals surface area contributed by atoms with Crippen LogP contribution in [0.25, 0.3) is 0 Å². The van der Waals surface area contributed by atoms with Crippen LogP contribution < -0.4 is 0 Å². The van der Waals surface area contributed by atoms with Crippen molar-refractivity contribution in [2.45, 2.75) is 24.6 Å². The Hall–Kier alpha value is -2.08. The predicted octanol–water partition coefficient (Wildman–Crippen LogP) is 3.15. The van der Waals surface area contributed by atoms with E-state index in [-0.39, 0.29) is 5.56 Å². The number of nitro benzene ring substituents is 1. The second kappa shape index (κ2) is 6.43. The Labute approximate surface area is 133 Å². The molecule has 0 bridgehead atoms. The SMILES string of the molecule is O=C(OCc1ccc([N+](=O)[O-])cc1Cl)C(O)(C(F)(F)F)C(F)(F)F. The normalized spacial score (nSPS) is 12.8. The van der Waals surface area contributed by atoms with E-state index in [4.69, 9.17) is 16.7 Å². The highest BCUT2D eigenvalue weighted by Crippen LogP contribution is 2.44. The molecule has 1 rings (SSSR count). The van der Waals surface area contributed by atoms with Crippen LogP contribution in [0.15, 0.2) is 18.2 Å². The third-order valence-electron chi connectivity index (χ3n) is 2.72. The molecule has 134 valence electrons. The molecule has 0 atom stereocenters. The van der Waals surface area contributed by atoms with E-state index in [9.17, 15) is 41.3 Å². The molecule has 1 aromatic carbocycles. The second-order valence-electron chi connectivity index (χ2n) is 4.31. The van der Waals surface area contributed by atoms with E-state index in [0.717, 1.165) is 18.2 Å². The Kier molecular flexibility index (Phi) is 5.35. The van der Waals surface area contributed by atoms with Gasteiger partial charge in [-0.1, -0.05) is 11.6 Å². The summed E-state index contributed by atoms with van der Waals surface area (Å²) in [5, 5.41) is 18.8. The third kappa shape index (κ3) is 3.70. The molecular weight excluding hydrogens is 376 g/mol. The lowest BCUT2D eigenvalue weighted by molar-refractivity contribution is -0.384. The molecule has 0 unspecified atom stereocenters. The largest absolute Gasteiger partial charge is 0.458 e. The Morgan fingerprint density at radius 2 is 1.71 bits per heavy atom. The molecule has 0 aliphatic rings. The van der Waals surface area contributed by atoms with E-state index in [0.29, 0.717) is 0 Å². The van der Waals surface area contributed by atoms with Gasteiger partial charge in [-0.2, -0.15) is 26.3 Å². The maximum absolute atomic E-state index is 12.4. The van der Waals surface area contributed by atoms with Gasteiger partial charge in [0, 0.05) is 17.7 Å². The van der Waals surface area contributed by atoms with Gasteiger partial charge in [-0.3, -0.25) is 10.1 Å². The summed E-state index contributed by atoms with van der Waals surface area (Å²) >= 11 is 5.55. The van der Waals surface area contributed by atoms with Crippen molar-refractivity contribution in [3.8, 4) is 0 Å². The lowest BCUT2D eigenvalue weighted by Crippen LogP contribution is -2.62. The van der Waals surface area contributed by atoms with Crippen molar-refractivity contribution in [2.24, 2.45) is 0 Å². The monoisotopic (exact) mass is 381 g/mol. The number of hydrogen-bond donors (Lipinski definition) is 1. The first-order valence-electron chi connectivity index (χ1n) is 5.67. The Balaban J connectivity index is 3.01. The van der Waals surface area contributed by atoms with Crippen molar-refractivity contribution in [1.29, 1.82) is 0 Å². The van der Waals surface area contributed by atoms with Crippen LogP contribution in [0.5, 0.6) is 0 Å². The zero-order valence-corrected chi connectivity index (χ0v) is 11.9. The summed E-state index contributed by atoms with van der Waals surface area (Å²) in [6, 6.07) is 2.47. The molecule has 0 spiro atoms. The van der Waals surface area contributed by atoms with Gasteiger partial charge in [0.2, 0.25) is 0 Å². The summed E-state index contributed by atoms with van der Waals surface area (Å²) in [7, 11) is 0. The smallest absolute Gasteiger partial charge is 0.437 e. The molecule has 0 heterocycles. The molecule has 0 amide bonds. The summed E-state index contributed by atoms with van der Waals surface area (Å²) in [4.78, 5) is 20.8. The van der Waals surface area contributed by atoms with Crippen LogP contribution in [-0.4, -0.2) is 34.0 Å². The van der Waals surface area contributed by atoms with Crippen molar-refractivity contribution in [2.75, 3.05) is 0 Å². The molecule has 0 aliphatic heterocycles. The average molecular weight is 382 g/mol.